The van der Waals surface area contributed by atoms with Gasteiger partial charge in [-0.3, -0.25) is 0 Å². The summed E-state index contributed by atoms with van der Waals surface area (Å²) in [6.07, 6.45) is 10.2. The van der Waals surface area contributed by atoms with Crippen molar-refractivity contribution in [2.45, 2.75) is 109 Å². The van der Waals surface area contributed by atoms with Crippen LogP contribution in [-0.2, 0) is 20.6 Å². The Labute approximate surface area is 286 Å². The van der Waals surface area contributed by atoms with Gasteiger partial charge < -0.3 is 9.64 Å². The summed E-state index contributed by atoms with van der Waals surface area (Å²) in [5.74, 6) is 1.27. The Morgan fingerprint density at radius 2 is 1.62 bits per heavy atom. The molecule has 0 aliphatic carbocycles. The normalized spacial score (nSPS) is 22.0. The van der Waals surface area contributed by atoms with Crippen LogP contribution in [0.3, 0.4) is 0 Å². The van der Waals surface area contributed by atoms with E-state index in [-0.39, 0.29) is 21.6 Å². The third-order valence-corrected chi connectivity index (χ3v) is 16.1. The highest BCUT2D eigenvalue weighted by Gasteiger charge is 2.52. The van der Waals surface area contributed by atoms with E-state index in [4.69, 9.17) is 11.3 Å². The summed E-state index contributed by atoms with van der Waals surface area (Å²) >= 11 is 0. The van der Waals surface area contributed by atoms with E-state index < -0.39 is 16.1 Å². The molecule has 4 nitrogen and oxygen atoms in total. The average molecular weight is 660 g/mol. The zero-order valence-electron chi connectivity index (χ0n) is 30.6. The summed E-state index contributed by atoms with van der Waals surface area (Å²) in [7, 11) is -3.05. The summed E-state index contributed by atoms with van der Waals surface area (Å²) in [6, 6.07) is 16.7. The molecule has 246 valence electrons. The molecule has 2 aromatic rings. The smallest absolute Gasteiger partial charge is 0.269 e. The Kier molecular flexibility index (Phi) is 8.97. The van der Waals surface area contributed by atoms with Gasteiger partial charge in [0.15, 0.2) is 0 Å². The van der Waals surface area contributed by atoms with E-state index in [1.54, 1.807) is 5.56 Å². The standard InChI is InChI=1S/C41H53N3OSi2/c1-39(2,3)32-16-14-30(15-17-32)37-26-31(36(27-42)43-6)25-33(45-37)18-13-29-23-34-38-35(24-29)41(47(10,11)12,28-46(7,8)9)20-22-44(38)21-19-40(34,4)5/h13-18,23-26H,19-22,28H2,1-5,7-12H3. The third kappa shape index (κ3) is 6.87. The van der Waals surface area contributed by atoms with Crippen LogP contribution < -0.4 is 4.90 Å². The monoisotopic (exact) mass is 659 g/mol. The van der Waals surface area contributed by atoms with E-state index in [9.17, 15) is 5.26 Å². The highest BCUT2D eigenvalue weighted by Crippen LogP contribution is 2.55. The molecule has 3 heterocycles. The van der Waals surface area contributed by atoms with Crippen molar-refractivity contribution in [1.29, 1.82) is 5.26 Å². The van der Waals surface area contributed by atoms with Gasteiger partial charge in [0.05, 0.1) is 20.7 Å². The minimum absolute atomic E-state index is 0.0409. The van der Waals surface area contributed by atoms with Crippen LogP contribution in [0.15, 0.2) is 71.7 Å². The summed E-state index contributed by atoms with van der Waals surface area (Å²) in [5.41, 5.74) is 8.69. The molecule has 0 bridgehead atoms. The van der Waals surface area contributed by atoms with Gasteiger partial charge in [-0.15, -0.1) is 0 Å². The molecule has 1 atom stereocenters. The summed E-state index contributed by atoms with van der Waals surface area (Å²) in [6.45, 7) is 36.7. The van der Waals surface area contributed by atoms with E-state index in [0.29, 0.717) is 17.1 Å². The number of hydrogen-bond donors (Lipinski definition) is 0. The van der Waals surface area contributed by atoms with Crippen LogP contribution in [0.2, 0.25) is 45.3 Å². The molecule has 5 rings (SSSR count). The summed E-state index contributed by atoms with van der Waals surface area (Å²) in [5, 5.41) is 9.99. The van der Waals surface area contributed by atoms with Gasteiger partial charge in [0, 0.05) is 32.4 Å². The minimum atomic E-state index is -1.65. The number of nitriles is 1. The molecule has 1 unspecified atom stereocenters. The van der Waals surface area contributed by atoms with E-state index in [1.807, 2.05) is 18.2 Å². The van der Waals surface area contributed by atoms with E-state index in [2.05, 4.69) is 132 Å². The molecule has 0 saturated heterocycles. The minimum Gasteiger partial charge on any atom is -0.457 e. The quantitative estimate of drug-likeness (QED) is 0.176. The topological polar surface area (TPSA) is 40.6 Å². The van der Waals surface area contributed by atoms with E-state index in [0.717, 1.165) is 25.1 Å². The molecule has 0 amide bonds. The fraction of sp³-hybridized carbons (Fsp3) is 0.463. The van der Waals surface area contributed by atoms with Gasteiger partial charge >= 0.3 is 0 Å². The van der Waals surface area contributed by atoms with Crippen molar-refractivity contribution in [3.05, 3.63) is 111 Å². The molecule has 3 aliphatic heterocycles. The lowest BCUT2D eigenvalue weighted by Gasteiger charge is -2.56. The molecule has 47 heavy (non-hydrogen) atoms. The van der Waals surface area contributed by atoms with Crippen molar-refractivity contribution in [3.8, 4) is 6.07 Å². The van der Waals surface area contributed by atoms with Gasteiger partial charge in [0.2, 0.25) is 0 Å². The molecule has 3 aliphatic rings. The molecule has 6 heteroatoms. The first-order valence-corrected chi connectivity index (χ1v) is 24.3. The van der Waals surface area contributed by atoms with Crippen molar-refractivity contribution in [3.63, 3.8) is 0 Å². The summed E-state index contributed by atoms with van der Waals surface area (Å²) in [4.78, 5) is 6.21. The van der Waals surface area contributed by atoms with E-state index in [1.165, 1.54) is 34.8 Å². The predicted octanol–water partition coefficient (Wildman–Crippen LogP) is 11.0. The van der Waals surface area contributed by atoms with E-state index >= 15 is 0 Å². The van der Waals surface area contributed by atoms with Gasteiger partial charge in [-0.1, -0.05) is 110 Å². The lowest BCUT2D eigenvalue weighted by molar-refractivity contribution is 0.396. The first kappa shape index (κ1) is 34.7. The molecule has 2 aromatic carbocycles. The van der Waals surface area contributed by atoms with Gasteiger partial charge in [-0.05, 0) is 86.9 Å². The number of hydrogen-bond acceptors (Lipinski definition) is 3. The van der Waals surface area contributed by atoms with Gasteiger partial charge in [0.25, 0.3) is 5.70 Å². The Morgan fingerprint density at radius 3 is 2.19 bits per heavy atom. The van der Waals surface area contributed by atoms with Crippen molar-refractivity contribution in [1.82, 2.24) is 0 Å². The zero-order chi connectivity index (χ0) is 34.6. The third-order valence-electron chi connectivity index (χ3n) is 10.6. The first-order chi connectivity index (χ1) is 21.8. The largest absolute Gasteiger partial charge is 0.457 e. The van der Waals surface area contributed by atoms with Crippen LogP contribution in [0.25, 0.3) is 16.7 Å². The second-order valence-electron chi connectivity index (χ2n) is 17.8. The molecule has 0 spiro atoms. The predicted molar refractivity (Wildman–Crippen MR) is 205 cm³/mol. The maximum absolute atomic E-state index is 9.76. The SMILES string of the molecule is [C-]#[N+]C(C#N)=C1C=C(C=Cc2cc3c4c(c2)C(C[Si](C)(C)C)([Si](C)(C)C)CCN4CCC3(C)C)OC(c2ccc(C(C)(C)C)cc2)=C1. The van der Waals surface area contributed by atoms with Crippen molar-refractivity contribution in [2.24, 2.45) is 0 Å². The van der Waals surface area contributed by atoms with Crippen LogP contribution in [0.1, 0.15) is 75.3 Å². The Balaban J connectivity index is 1.62. The average Bonchev–Trinajstić information content (AvgIpc) is 2.98. The Hall–Kier alpha value is -3.59. The zero-order valence-corrected chi connectivity index (χ0v) is 32.6. The number of benzene rings is 2. The molecule has 0 aromatic heterocycles. The second-order valence-corrected chi connectivity index (χ2v) is 28.7. The molecule has 0 saturated carbocycles. The van der Waals surface area contributed by atoms with Gasteiger partial charge in [-0.2, -0.15) is 0 Å². The van der Waals surface area contributed by atoms with Crippen LogP contribution in [0, 0.1) is 17.9 Å². The first-order valence-electron chi connectivity index (χ1n) is 17.1. The van der Waals surface area contributed by atoms with Gasteiger partial charge in [-0.25, -0.2) is 10.1 Å². The molecular weight excluding hydrogens is 607 g/mol. The van der Waals surface area contributed by atoms with Crippen molar-refractivity contribution in [2.75, 3.05) is 18.0 Å². The highest BCUT2D eigenvalue weighted by molar-refractivity contribution is 6.83. The van der Waals surface area contributed by atoms with Crippen LogP contribution >= 0.6 is 0 Å². The number of rotatable bonds is 6. The number of anilines is 1. The lowest BCUT2D eigenvalue weighted by atomic mass is 9.73. The maximum atomic E-state index is 9.76. The van der Waals surface area contributed by atoms with Gasteiger partial charge in [0.1, 0.15) is 11.5 Å². The highest BCUT2D eigenvalue weighted by atomic mass is 28.3. The molecule has 0 radical (unpaired) electrons. The molecule has 0 fully saturated rings. The number of ether oxygens (including phenoxy) is 1. The van der Waals surface area contributed by atoms with Crippen LogP contribution in [-0.4, -0.2) is 29.2 Å². The van der Waals surface area contributed by atoms with Crippen molar-refractivity contribution >= 4 is 33.7 Å². The lowest BCUT2D eigenvalue weighted by Crippen LogP contribution is -2.58. The van der Waals surface area contributed by atoms with Crippen LogP contribution in [0.5, 0.6) is 0 Å². The maximum Gasteiger partial charge on any atom is 0.269 e. The van der Waals surface area contributed by atoms with Crippen molar-refractivity contribution < 1.29 is 4.74 Å². The number of nitrogens with zero attached hydrogens (tertiary/aromatic N) is 3. The second kappa shape index (κ2) is 12.1. The number of allylic oxidation sites excluding steroid dienone is 5. The fourth-order valence-corrected chi connectivity index (χ4v) is 15.6. The fourth-order valence-electron chi connectivity index (χ4n) is 7.80. The Morgan fingerprint density at radius 1 is 0.979 bits per heavy atom. The molecule has 0 N–H and O–H groups in total. The summed E-state index contributed by atoms with van der Waals surface area (Å²) < 4.78 is 6.48. The molecular formula is C41H53N3OSi2. The van der Waals surface area contributed by atoms with Crippen LogP contribution in [0.4, 0.5) is 5.69 Å². The Bertz CT molecular complexity index is 1760.